The highest BCUT2D eigenvalue weighted by molar-refractivity contribution is 5.46. The lowest BCUT2D eigenvalue weighted by Gasteiger charge is -2.30. The van der Waals surface area contributed by atoms with E-state index in [2.05, 4.69) is 11.4 Å². The monoisotopic (exact) mass is 180 g/mol. The van der Waals surface area contributed by atoms with E-state index in [0.717, 1.165) is 25.7 Å². The molecule has 0 aromatic carbocycles. The highest BCUT2D eigenvalue weighted by atomic mass is 16.1. The smallest absolute Gasteiger partial charge is 0.207 e. The van der Waals surface area contributed by atoms with Crippen molar-refractivity contribution in [1.82, 2.24) is 5.32 Å². The number of hydrogen-bond acceptors (Lipinski definition) is 2. The molecule has 1 rings (SSSR count). The lowest BCUT2D eigenvalue weighted by atomic mass is 9.82. The summed E-state index contributed by atoms with van der Waals surface area (Å²) in [6.07, 6.45) is 7.02. The number of hydrogen-bond donors (Lipinski definition) is 1. The molecule has 1 aliphatic carbocycles. The SMILES string of the molecule is N#CCCC1CCCCC1NC=O. The Morgan fingerprint density at radius 3 is 2.92 bits per heavy atom. The Balaban J connectivity index is 2.37. The van der Waals surface area contributed by atoms with Crippen molar-refractivity contribution in [2.75, 3.05) is 0 Å². The van der Waals surface area contributed by atoms with Gasteiger partial charge in [-0.15, -0.1) is 0 Å². The second-order valence-electron chi connectivity index (χ2n) is 3.63. The Bertz CT molecular complexity index is 198. The summed E-state index contributed by atoms with van der Waals surface area (Å²) in [5.41, 5.74) is 0. The fraction of sp³-hybridized carbons (Fsp3) is 0.800. The molecule has 3 heteroatoms. The van der Waals surface area contributed by atoms with Gasteiger partial charge in [-0.05, 0) is 25.2 Å². The van der Waals surface area contributed by atoms with Crippen molar-refractivity contribution in [1.29, 1.82) is 5.26 Å². The van der Waals surface area contributed by atoms with Gasteiger partial charge in [0.25, 0.3) is 0 Å². The summed E-state index contributed by atoms with van der Waals surface area (Å²) >= 11 is 0. The molecule has 0 heterocycles. The molecular formula is C10H16N2O. The molecule has 0 spiro atoms. The first kappa shape index (κ1) is 10.0. The van der Waals surface area contributed by atoms with E-state index < -0.39 is 0 Å². The van der Waals surface area contributed by atoms with E-state index in [1.165, 1.54) is 12.8 Å². The molecule has 2 atom stereocenters. The number of carbonyl (C=O) groups is 1. The fourth-order valence-electron chi connectivity index (χ4n) is 2.11. The molecule has 1 N–H and O–H groups in total. The number of nitriles is 1. The van der Waals surface area contributed by atoms with E-state index in [4.69, 9.17) is 5.26 Å². The minimum Gasteiger partial charge on any atom is -0.356 e. The fourth-order valence-corrected chi connectivity index (χ4v) is 2.11. The van der Waals surface area contributed by atoms with E-state index in [9.17, 15) is 4.79 Å². The van der Waals surface area contributed by atoms with Crippen LogP contribution < -0.4 is 5.32 Å². The van der Waals surface area contributed by atoms with Crippen LogP contribution in [0.5, 0.6) is 0 Å². The van der Waals surface area contributed by atoms with E-state index >= 15 is 0 Å². The van der Waals surface area contributed by atoms with Gasteiger partial charge in [0, 0.05) is 12.5 Å². The third kappa shape index (κ3) is 3.06. The van der Waals surface area contributed by atoms with Gasteiger partial charge in [-0.2, -0.15) is 5.26 Å². The molecule has 0 aromatic rings. The Kier molecular flexibility index (Phi) is 4.31. The molecule has 13 heavy (non-hydrogen) atoms. The Labute approximate surface area is 79.1 Å². The van der Waals surface area contributed by atoms with Crippen molar-refractivity contribution in [3.05, 3.63) is 0 Å². The highest BCUT2D eigenvalue weighted by Gasteiger charge is 2.23. The first-order chi connectivity index (χ1) is 6.38. The third-order valence-corrected chi connectivity index (χ3v) is 2.82. The minimum atomic E-state index is 0.319. The zero-order valence-corrected chi connectivity index (χ0v) is 7.83. The van der Waals surface area contributed by atoms with Crippen molar-refractivity contribution in [2.24, 2.45) is 5.92 Å². The van der Waals surface area contributed by atoms with Crippen molar-refractivity contribution in [3.63, 3.8) is 0 Å². The Hall–Kier alpha value is -1.04. The van der Waals surface area contributed by atoms with Gasteiger partial charge in [0.15, 0.2) is 0 Å². The van der Waals surface area contributed by atoms with Crippen LogP contribution in [0.15, 0.2) is 0 Å². The van der Waals surface area contributed by atoms with Gasteiger partial charge in [-0.1, -0.05) is 12.8 Å². The van der Waals surface area contributed by atoms with Crippen molar-refractivity contribution in [3.8, 4) is 6.07 Å². The second-order valence-corrected chi connectivity index (χ2v) is 3.63. The van der Waals surface area contributed by atoms with Crippen LogP contribution in [0, 0.1) is 17.2 Å². The summed E-state index contributed by atoms with van der Waals surface area (Å²) in [7, 11) is 0. The molecule has 1 saturated carbocycles. The van der Waals surface area contributed by atoms with Crippen LogP contribution in [0.1, 0.15) is 38.5 Å². The minimum absolute atomic E-state index is 0.319. The normalized spacial score (nSPS) is 27.6. The predicted octanol–water partition coefficient (Wildman–Crippen LogP) is 1.59. The number of nitrogens with one attached hydrogen (secondary N) is 1. The van der Waals surface area contributed by atoms with Gasteiger partial charge in [0.1, 0.15) is 0 Å². The van der Waals surface area contributed by atoms with Gasteiger partial charge in [-0.25, -0.2) is 0 Å². The molecule has 1 aliphatic rings. The van der Waals surface area contributed by atoms with Gasteiger partial charge in [0.05, 0.1) is 6.07 Å². The van der Waals surface area contributed by atoms with Crippen LogP contribution in [0.4, 0.5) is 0 Å². The summed E-state index contributed by atoms with van der Waals surface area (Å²) in [5, 5.41) is 11.3. The van der Waals surface area contributed by atoms with E-state index in [-0.39, 0.29) is 0 Å². The molecule has 0 bridgehead atoms. The Morgan fingerprint density at radius 2 is 2.23 bits per heavy atom. The van der Waals surface area contributed by atoms with E-state index in [1.807, 2.05) is 0 Å². The van der Waals surface area contributed by atoms with Crippen LogP contribution in [-0.2, 0) is 4.79 Å². The first-order valence-electron chi connectivity index (χ1n) is 4.95. The zero-order chi connectivity index (χ0) is 9.52. The summed E-state index contributed by atoms with van der Waals surface area (Å²) in [5.74, 6) is 0.526. The van der Waals surface area contributed by atoms with Crippen LogP contribution in [-0.4, -0.2) is 12.5 Å². The molecular weight excluding hydrogens is 164 g/mol. The summed E-state index contributed by atoms with van der Waals surface area (Å²) in [6, 6.07) is 2.48. The highest BCUT2D eigenvalue weighted by Crippen LogP contribution is 2.27. The number of amides is 1. The van der Waals surface area contributed by atoms with E-state index in [0.29, 0.717) is 18.4 Å². The van der Waals surface area contributed by atoms with Crippen LogP contribution in [0.2, 0.25) is 0 Å². The van der Waals surface area contributed by atoms with Gasteiger partial charge < -0.3 is 5.32 Å². The summed E-state index contributed by atoms with van der Waals surface area (Å²) in [4.78, 5) is 10.3. The molecule has 0 aromatic heterocycles. The molecule has 0 aliphatic heterocycles. The van der Waals surface area contributed by atoms with Gasteiger partial charge >= 0.3 is 0 Å². The maximum Gasteiger partial charge on any atom is 0.207 e. The van der Waals surface area contributed by atoms with Crippen molar-refractivity contribution >= 4 is 6.41 Å². The summed E-state index contributed by atoms with van der Waals surface area (Å²) in [6.45, 7) is 0. The quantitative estimate of drug-likeness (QED) is 0.668. The molecule has 3 nitrogen and oxygen atoms in total. The number of carbonyl (C=O) groups excluding carboxylic acids is 1. The van der Waals surface area contributed by atoms with Crippen molar-refractivity contribution < 1.29 is 4.79 Å². The molecule has 0 radical (unpaired) electrons. The standard InChI is InChI=1S/C10H16N2O/c11-7-3-5-9-4-1-2-6-10(9)12-8-13/h8-10H,1-6H2,(H,12,13). The maximum absolute atomic E-state index is 10.3. The predicted molar refractivity (Wildman–Crippen MR) is 49.8 cm³/mol. The third-order valence-electron chi connectivity index (χ3n) is 2.82. The molecule has 72 valence electrons. The average molecular weight is 180 g/mol. The zero-order valence-electron chi connectivity index (χ0n) is 7.83. The van der Waals surface area contributed by atoms with Crippen LogP contribution >= 0.6 is 0 Å². The van der Waals surface area contributed by atoms with Gasteiger partial charge in [-0.3, -0.25) is 4.79 Å². The maximum atomic E-state index is 10.3. The second kappa shape index (κ2) is 5.58. The summed E-state index contributed by atoms with van der Waals surface area (Å²) < 4.78 is 0. The van der Waals surface area contributed by atoms with Crippen molar-refractivity contribution in [2.45, 2.75) is 44.6 Å². The number of nitrogens with zero attached hydrogens (tertiary/aromatic N) is 1. The molecule has 2 unspecified atom stereocenters. The van der Waals surface area contributed by atoms with Crippen LogP contribution in [0.25, 0.3) is 0 Å². The topological polar surface area (TPSA) is 52.9 Å². The molecule has 1 amide bonds. The average Bonchev–Trinajstić information content (AvgIpc) is 2.17. The first-order valence-corrected chi connectivity index (χ1v) is 4.95. The molecule has 1 fully saturated rings. The molecule has 0 saturated heterocycles. The van der Waals surface area contributed by atoms with E-state index in [1.54, 1.807) is 0 Å². The lowest BCUT2D eigenvalue weighted by Crippen LogP contribution is -2.37. The number of rotatable bonds is 4. The Morgan fingerprint density at radius 1 is 1.46 bits per heavy atom. The van der Waals surface area contributed by atoms with Gasteiger partial charge in [0.2, 0.25) is 6.41 Å². The van der Waals surface area contributed by atoms with Crippen LogP contribution in [0.3, 0.4) is 0 Å². The lowest BCUT2D eigenvalue weighted by molar-refractivity contribution is -0.110. The largest absolute Gasteiger partial charge is 0.356 e.